The van der Waals surface area contributed by atoms with E-state index in [0.29, 0.717) is 36.9 Å². The first-order valence-corrected chi connectivity index (χ1v) is 9.26. The van der Waals surface area contributed by atoms with Crippen LogP contribution in [0.3, 0.4) is 0 Å². The highest BCUT2D eigenvalue weighted by Gasteiger charge is 2.27. The number of nitrogens with zero attached hydrogens (tertiary/aromatic N) is 1. The molecule has 1 fully saturated rings. The number of rotatable bonds is 3. The number of likely N-dealkylation sites (tertiary alicyclic amines) is 1. The van der Waals surface area contributed by atoms with Gasteiger partial charge in [0.2, 0.25) is 10.0 Å². The molecule has 0 spiro atoms. The average Bonchev–Trinajstić information content (AvgIpc) is 2.60. The molecule has 1 aliphatic heterocycles. The van der Waals surface area contributed by atoms with Gasteiger partial charge in [-0.05, 0) is 37.1 Å². The van der Waals surface area contributed by atoms with Crippen LogP contribution in [0, 0.1) is 0 Å². The molecule has 0 aliphatic carbocycles. The zero-order chi connectivity index (χ0) is 18.0. The van der Waals surface area contributed by atoms with E-state index in [1.807, 2.05) is 0 Å². The third-order valence-corrected chi connectivity index (χ3v) is 5.67. The topological polar surface area (TPSA) is 106 Å². The molecule has 134 valence electrons. The van der Waals surface area contributed by atoms with Gasteiger partial charge in [-0.2, -0.15) is 0 Å². The largest absolute Gasteiger partial charge is 0.453 e. The van der Waals surface area contributed by atoms with Gasteiger partial charge >= 0.3 is 11.7 Å². The lowest BCUT2D eigenvalue weighted by Gasteiger charge is -2.31. The van der Waals surface area contributed by atoms with E-state index in [0.717, 1.165) is 0 Å². The fourth-order valence-electron chi connectivity index (χ4n) is 2.81. The SMILES string of the molecule is COC(=O)N1CCC(NS(=O)(=O)c2ccc3oc(=O)ccc3c2)CC1. The highest BCUT2D eigenvalue weighted by Crippen LogP contribution is 2.20. The van der Waals surface area contributed by atoms with Gasteiger partial charge in [-0.1, -0.05) is 0 Å². The number of carbonyl (C=O) groups is 1. The molecule has 0 unspecified atom stereocenters. The first-order chi connectivity index (χ1) is 11.9. The monoisotopic (exact) mass is 366 g/mol. The minimum atomic E-state index is -3.71. The van der Waals surface area contributed by atoms with Crippen LogP contribution in [0.5, 0.6) is 0 Å². The number of ether oxygens (including phenoxy) is 1. The summed E-state index contributed by atoms with van der Waals surface area (Å²) in [6.45, 7) is 0.867. The molecule has 1 aromatic carbocycles. The molecule has 2 aromatic rings. The summed E-state index contributed by atoms with van der Waals surface area (Å²) in [6, 6.07) is 6.84. The van der Waals surface area contributed by atoms with Crippen LogP contribution in [0.2, 0.25) is 0 Å². The molecular weight excluding hydrogens is 348 g/mol. The Bertz CT molecular complexity index is 944. The third kappa shape index (κ3) is 3.83. The third-order valence-electron chi connectivity index (χ3n) is 4.15. The van der Waals surface area contributed by atoms with Gasteiger partial charge in [0.05, 0.1) is 12.0 Å². The Morgan fingerprint density at radius 3 is 2.64 bits per heavy atom. The summed E-state index contributed by atoms with van der Waals surface area (Å²) in [4.78, 5) is 24.3. The van der Waals surface area contributed by atoms with Crippen LogP contribution in [0.15, 0.2) is 44.4 Å². The average molecular weight is 366 g/mol. The second-order valence-electron chi connectivity index (χ2n) is 5.81. The summed E-state index contributed by atoms with van der Waals surface area (Å²) in [7, 11) is -2.39. The van der Waals surface area contributed by atoms with Crippen molar-refractivity contribution < 1.29 is 22.4 Å². The molecule has 8 nitrogen and oxygen atoms in total. The van der Waals surface area contributed by atoms with E-state index >= 15 is 0 Å². The van der Waals surface area contributed by atoms with Gasteiger partial charge in [-0.3, -0.25) is 0 Å². The summed E-state index contributed by atoms with van der Waals surface area (Å²) in [5.74, 6) is 0. The number of benzene rings is 1. The molecule has 1 saturated heterocycles. The zero-order valence-electron chi connectivity index (χ0n) is 13.6. The van der Waals surface area contributed by atoms with Gasteiger partial charge in [-0.25, -0.2) is 22.7 Å². The quantitative estimate of drug-likeness (QED) is 0.821. The first kappa shape index (κ1) is 17.4. The second-order valence-corrected chi connectivity index (χ2v) is 7.52. The van der Waals surface area contributed by atoms with Gasteiger partial charge in [0.15, 0.2) is 0 Å². The molecule has 3 rings (SSSR count). The van der Waals surface area contributed by atoms with E-state index in [4.69, 9.17) is 4.42 Å². The zero-order valence-corrected chi connectivity index (χ0v) is 14.4. The maximum absolute atomic E-state index is 12.6. The van der Waals surface area contributed by atoms with E-state index in [-0.39, 0.29) is 10.9 Å². The van der Waals surface area contributed by atoms with Crippen molar-refractivity contribution in [3.05, 3.63) is 40.8 Å². The fourth-order valence-corrected chi connectivity index (χ4v) is 4.15. The Hall–Kier alpha value is -2.39. The van der Waals surface area contributed by atoms with E-state index in [1.54, 1.807) is 4.90 Å². The predicted molar refractivity (Wildman–Crippen MR) is 89.8 cm³/mol. The Balaban J connectivity index is 1.73. The maximum Gasteiger partial charge on any atom is 0.409 e. The first-order valence-electron chi connectivity index (χ1n) is 7.78. The van der Waals surface area contributed by atoms with Gasteiger partial charge in [0.1, 0.15) is 5.58 Å². The molecular formula is C16H18N2O6S. The van der Waals surface area contributed by atoms with Crippen LogP contribution in [0.25, 0.3) is 11.0 Å². The number of piperidine rings is 1. The lowest BCUT2D eigenvalue weighted by Crippen LogP contribution is -2.46. The Kier molecular flexibility index (Phi) is 4.78. The molecule has 0 radical (unpaired) electrons. The highest BCUT2D eigenvalue weighted by molar-refractivity contribution is 7.89. The Morgan fingerprint density at radius 2 is 1.96 bits per heavy atom. The van der Waals surface area contributed by atoms with Crippen molar-refractivity contribution in [3.63, 3.8) is 0 Å². The Morgan fingerprint density at radius 1 is 1.24 bits per heavy atom. The maximum atomic E-state index is 12.6. The molecule has 1 aromatic heterocycles. The van der Waals surface area contributed by atoms with Crippen LogP contribution >= 0.6 is 0 Å². The van der Waals surface area contributed by atoms with E-state index in [9.17, 15) is 18.0 Å². The van der Waals surface area contributed by atoms with Crippen molar-refractivity contribution in [2.75, 3.05) is 20.2 Å². The summed E-state index contributed by atoms with van der Waals surface area (Å²) < 4.78 is 37.5. The second kappa shape index (κ2) is 6.85. The number of carbonyl (C=O) groups excluding carboxylic acids is 1. The van der Waals surface area contributed by atoms with Gasteiger partial charge in [-0.15, -0.1) is 0 Å². The number of sulfonamides is 1. The van der Waals surface area contributed by atoms with Gasteiger partial charge in [0.25, 0.3) is 0 Å². The number of hydrogen-bond acceptors (Lipinski definition) is 6. The van der Waals surface area contributed by atoms with Crippen LogP contribution in [-0.4, -0.2) is 45.7 Å². The summed E-state index contributed by atoms with van der Waals surface area (Å²) >= 11 is 0. The smallest absolute Gasteiger partial charge is 0.409 e. The number of amides is 1. The standard InChI is InChI=1S/C16H18N2O6S/c1-23-16(20)18-8-6-12(7-9-18)17-25(21,22)13-3-4-14-11(10-13)2-5-15(19)24-14/h2-5,10,12,17H,6-9H2,1H3. The van der Waals surface area contributed by atoms with Crippen LogP contribution in [0.1, 0.15) is 12.8 Å². The van der Waals surface area contributed by atoms with Gasteiger partial charge < -0.3 is 14.1 Å². The molecule has 25 heavy (non-hydrogen) atoms. The lowest BCUT2D eigenvalue weighted by atomic mass is 10.1. The van der Waals surface area contributed by atoms with Crippen molar-refractivity contribution in [1.29, 1.82) is 0 Å². The number of methoxy groups -OCH3 is 1. The van der Waals surface area contributed by atoms with Crippen molar-refractivity contribution in [3.8, 4) is 0 Å². The predicted octanol–water partition coefficient (Wildman–Crippen LogP) is 1.30. The molecule has 2 heterocycles. The molecule has 0 bridgehead atoms. The molecule has 9 heteroatoms. The summed E-state index contributed by atoms with van der Waals surface area (Å²) in [6.07, 6.45) is 0.616. The molecule has 0 atom stereocenters. The molecule has 1 amide bonds. The van der Waals surface area contributed by atoms with E-state index in [2.05, 4.69) is 9.46 Å². The van der Waals surface area contributed by atoms with Gasteiger partial charge in [0, 0.05) is 30.6 Å². The van der Waals surface area contributed by atoms with E-state index in [1.165, 1.54) is 37.4 Å². The lowest BCUT2D eigenvalue weighted by molar-refractivity contribution is 0.111. The number of fused-ring (bicyclic) bond motifs is 1. The fraction of sp³-hybridized carbons (Fsp3) is 0.375. The minimum absolute atomic E-state index is 0.101. The van der Waals surface area contributed by atoms with Crippen LogP contribution in [0.4, 0.5) is 4.79 Å². The molecule has 0 saturated carbocycles. The number of hydrogen-bond donors (Lipinski definition) is 1. The van der Waals surface area contributed by atoms with Crippen molar-refractivity contribution in [1.82, 2.24) is 9.62 Å². The minimum Gasteiger partial charge on any atom is -0.453 e. The van der Waals surface area contributed by atoms with Crippen molar-refractivity contribution in [2.45, 2.75) is 23.8 Å². The Labute approximate surface area is 144 Å². The number of nitrogens with one attached hydrogen (secondary N) is 1. The summed E-state index contributed by atoms with van der Waals surface area (Å²) in [5.41, 5.74) is -0.156. The van der Waals surface area contributed by atoms with E-state index < -0.39 is 21.7 Å². The molecule has 1 N–H and O–H groups in total. The van der Waals surface area contributed by atoms with Crippen molar-refractivity contribution in [2.24, 2.45) is 0 Å². The highest BCUT2D eigenvalue weighted by atomic mass is 32.2. The van der Waals surface area contributed by atoms with Crippen LogP contribution in [-0.2, 0) is 14.8 Å². The van der Waals surface area contributed by atoms with Crippen molar-refractivity contribution >= 4 is 27.1 Å². The molecule has 1 aliphatic rings. The van der Waals surface area contributed by atoms with Crippen LogP contribution < -0.4 is 10.3 Å². The normalized spacial score (nSPS) is 16.1. The summed E-state index contributed by atoms with van der Waals surface area (Å²) in [5, 5.41) is 0.531.